The van der Waals surface area contributed by atoms with Crippen molar-refractivity contribution < 1.29 is 14.6 Å². The molecule has 0 amide bonds. The molecule has 28 heavy (non-hydrogen) atoms. The third-order valence-electron chi connectivity index (χ3n) is 4.36. The quantitative estimate of drug-likeness (QED) is 0.746. The first-order chi connectivity index (χ1) is 13.5. The second-order valence-corrected chi connectivity index (χ2v) is 7.28. The van der Waals surface area contributed by atoms with Gasteiger partial charge in [-0.25, -0.2) is 0 Å². The summed E-state index contributed by atoms with van der Waals surface area (Å²) in [5, 5.41) is 26.2. The normalized spacial score (nSPS) is 13.2. The van der Waals surface area contributed by atoms with Crippen LogP contribution >= 0.6 is 11.8 Å². The van der Waals surface area contributed by atoms with Crippen molar-refractivity contribution in [3.63, 3.8) is 0 Å². The fraction of sp³-hybridized carbons (Fsp3) is 0.286. The van der Waals surface area contributed by atoms with E-state index in [1.807, 2.05) is 30.1 Å². The van der Waals surface area contributed by atoms with E-state index in [0.717, 1.165) is 27.4 Å². The van der Waals surface area contributed by atoms with Crippen molar-refractivity contribution in [3.05, 3.63) is 58.7 Å². The van der Waals surface area contributed by atoms with Crippen molar-refractivity contribution in [1.29, 1.82) is 5.26 Å². The number of benzene rings is 2. The predicted octanol–water partition coefficient (Wildman–Crippen LogP) is 3.94. The molecule has 0 fully saturated rings. The molecule has 144 valence electrons. The van der Waals surface area contributed by atoms with Crippen LogP contribution in [0.3, 0.4) is 0 Å². The Morgan fingerprint density at radius 3 is 2.89 bits per heavy atom. The summed E-state index contributed by atoms with van der Waals surface area (Å²) in [7, 11) is 0. The number of hydrogen-bond donors (Lipinski definition) is 1. The Labute approximate surface area is 168 Å². The van der Waals surface area contributed by atoms with Gasteiger partial charge in [-0.3, -0.25) is 9.80 Å². The van der Waals surface area contributed by atoms with Gasteiger partial charge < -0.3 is 9.84 Å². The molecule has 0 bridgehead atoms. The number of hydrogen-bond acceptors (Lipinski definition) is 7. The first kappa shape index (κ1) is 19.8. The van der Waals surface area contributed by atoms with E-state index in [0.29, 0.717) is 25.3 Å². The number of hydrazone groups is 1. The van der Waals surface area contributed by atoms with E-state index < -0.39 is 0 Å². The number of esters is 1. The average molecular weight is 395 g/mol. The van der Waals surface area contributed by atoms with E-state index in [9.17, 15) is 9.90 Å². The average Bonchev–Trinajstić information content (AvgIpc) is 3.17. The Balaban J connectivity index is 1.74. The number of aromatic hydroxyl groups is 1. The van der Waals surface area contributed by atoms with Crippen LogP contribution in [0.4, 0.5) is 5.69 Å². The molecule has 7 heteroatoms. The van der Waals surface area contributed by atoms with Crippen molar-refractivity contribution in [3.8, 4) is 11.8 Å². The van der Waals surface area contributed by atoms with E-state index >= 15 is 0 Å². The summed E-state index contributed by atoms with van der Waals surface area (Å²) in [6.07, 6.45) is 1.02. The lowest BCUT2D eigenvalue weighted by molar-refractivity contribution is -0.143. The Bertz CT molecular complexity index is 966. The minimum absolute atomic E-state index is 0.0269. The molecule has 0 unspecified atom stereocenters. The first-order valence-electron chi connectivity index (χ1n) is 8.99. The number of phenols is 1. The highest BCUT2D eigenvalue weighted by Gasteiger charge is 2.20. The van der Waals surface area contributed by atoms with E-state index in [-0.39, 0.29) is 17.3 Å². The highest BCUT2D eigenvalue weighted by atomic mass is 32.2. The van der Waals surface area contributed by atoms with Crippen LogP contribution in [0, 0.1) is 18.3 Å². The van der Waals surface area contributed by atoms with Crippen LogP contribution in [0.15, 0.2) is 41.5 Å². The number of rotatable bonds is 6. The monoisotopic (exact) mass is 395 g/mol. The lowest BCUT2D eigenvalue weighted by atomic mass is 10.1. The zero-order chi connectivity index (χ0) is 20.1. The zero-order valence-corrected chi connectivity index (χ0v) is 16.6. The van der Waals surface area contributed by atoms with Crippen molar-refractivity contribution >= 4 is 28.5 Å². The minimum atomic E-state index is -0.181. The van der Waals surface area contributed by atoms with Crippen LogP contribution < -0.4 is 5.01 Å². The van der Waals surface area contributed by atoms with Crippen LogP contribution in [0.5, 0.6) is 5.75 Å². The van der Waals surface area contributed by atoms with Gasteiger partial charge in [0.05, 0.1) is 23.7 Å². The Kier molecular flexibility index (Phi) is 6.22. The number of carbonyl (C=O) groups excluding carboxylic acids is 1. The molecule has 1 aliphatic heterocycles. The summed E-state index contributed by atoms with van der Waals surface area (Å²) in [4.78, 5) is 11.5. The van der Waals surface area contributed by atoms with Crippen LogP contribution in [-0.2, 0) is 16.0 Å². The maximum Gasteiger partial charge on any atom is 0.306 e. The molecule has 0 aromatic heterocycles. The largest absolute Gasteiger partial charge is 0.507 e. The summed E-state index contributed by atoms with van der Waals surface area (Å²) in [5.41, 5.74) is 4.21. The minimum Gasteiger partial charge on any atom is -0.507 e. The lowest BCUT2D eigenvalue weighted by Crippen LogP contribution is -2.12. The molecule has 1 aliphatic rings. The standard InChI is InChI=1S/C21H21N3O3S/c1-3-27-20(26)9-5-15-4-7-18(14(2)10-15)24-13-28-21(23-24)16-6-8-19(25)17(11-16)12-22/h4,6-8,10-11,25H,3,5,9,13H2,1-2H3. The Morgan fingerprint density at radius 2 is 2.18 bits per heavy atom. The van der Waals surface area contributed by atoms with Gasteiger partial charge in [-0.1, -0.05) is 23.9 Å². The number of anilines is 1. The van der Waals surface area contributed by atoms with Crippen molar-refractivity contribution in [1.82, 2.24) is 0 Å². The SMILES string of the molecule is CCOC(=O)CCc1ccc(N2CSC(c3ccc(O)c(C#N)c3)=N2)c(C)c1. The molecule has 0 spiro atoms. The van der Waals surface area contributed by atoms with Crippen molar-refractivity contribution in [2.24, 2.45) is 5.10 Å². The lowest BCUT2D eigenvalue weighted by Gasteiger charge is -2.16. The summed E-state index contributed by atoms with van der Waals surface area (Å²) in [5.74, 6) is 0.460. The number of thioether (sulfide) groups is 1. The molecule has 0 atom stereocenters. The van der Waals surface area contributed by atoms with Gasteiger partial charge in [0.25, 0.3) is 0 Å². The van der Waals surface area contributed by atoms with Crippen LogP contribution in [-0.4, -0.2) is 28.6 Å². The zero-order valence-electron chi connectivity index (χ0n) is 15.8. The third kappa shape index (κ3) is 4.46. The highest BCUT2D eigenvalue weighted by Crippen LogP contribution is 2.31. The number of phenolic OH excluding ortho intramolecular Hbond substituents is 1. The highest BCUT2D eigenvalue weighted by molar-refractivity contribution is 8.14. The van der Waals surface area contributed by atoms with Gasteiger partial charge in [-0.05, 0) is 55.7 Å². The summed E-state index contributed by atoms with van der Waals surface area (Å²) >= 11 is 1.58. The Hall–Kier alpha value is -2.98. The third-order valence-corrected chi connectivity index (χ3v) is 5.33. The predicted molar refractivity (Wildman–Crippen MR) is 110 cm³/mol. The molecule has 6 nitrogen and oxygen atoms in total. The number of ether oxygens (including phenoxy) is 1. The molecule has 1 heterocycles. The molecular formula is C21H21N3O3S. The van der Waals surface area contributed by atoms with Gasteiger partial charge in [0.2, 0.25) is 0 Å². The van der Waals surface area contributed by atoms with E-state index in [1.165, 1.54) is 6.07 Å². The molecular weight excluding hydrogens is 374 g/mol. The van der Waals surface area contributed by atoms with Crippen LogP contribution in [0.25, 0.3) is 0 Å². The van der Waals surface area contributed by atoms with E-state index in [1.54, 1.807) is 30.8 Å². The first-order valence-corrected chi connectivity index (χ1v) is 9.98. The molecule has 3 rings (SSSR count). The molecule has 0 saturated heterocycles. The van der Waals surface area contributed by atoms with Crippen LogP contribution in [0.1, 0.15) is 35.6 Å². The summed E-state index contributed by atoms with van der Waals surface area (Å²) in [6.45, 7) is 4.23. The summed E-state index contributed by atoms with van der Waals surface area (Å²) < 4.78 is 4.97. The fourth-order valence-electron chi connectivity index (χ4n) is 2.95. The number of carbonyl (C=O) groups is 1. The van der Waals surface area contributed by atoms with Crippen molar-refractivity contribution in [2.75, 3.05) is 17.5 Å². The van der Waals surface area contributed by atoms with Crippen molar-refractivity contribution in [2.45, 2.75) is 26.7 Å². The van der Waals surface area contributed by atoms with Gasteiger partial charge in [0.15, 0.2) is 0 Å². The number of nitrogens with zero attached hydrogens (tertiary/aromatic N) is 3. The summed E-state index contributed by atoms with van der Waals surface area (Å²) in [6, 6.07) is 13.0. The second-order valence-electron chi connectivity index (χ2n) is 6.35. The molecule has 1 N–H and O–H groups in total. The van der Waals surface area contributed by atoms with Gasteiger partial charge in [0.1, 0.15) is 16.9 Å². The maximum absolute atomic E-state index is 11.5. The second kappa shape index (κ2) is 8.81. The topological polar surface area (TPSA) is 85.9 Å². The maximum atomic E-state index is 11.5. The van der Waals surface area contributed by atoms with E-state index in [4.69, 9.17) is 10.00 Å². The smallest absolute Gasteiger partial charge is 0.306 e. The molecule has 2 aromatic carbocycles. The van der Waals surface area contributed by atoms with E-state index in [2.05, 4.69) is 11.2 Å². The number of aryl methyl sites for hydroxylation is 2. The molecule has 2 aromatic rings. The molecule has 0 radical (unpaired) electrons. The molecule has 0 aliphatic carbocycles. The number of nitriles is 1. The van der Waals surface area contributed by atoms with Gasteiger partial charge >= 0.3 is 5.97 Å². The Morgan fingerprint density at radius 1 is 1.36 bits per heavy atom. The van der Waals surface area contributed by atoms with Crippen LogP contribution in [0.2, 0.25) is 0 Å². The molecule has 0 saturated carbocycles. The fourth-order valence-corrected chi connectivity index (χ4v) is 3.85. The van der Waals surface area contributed by atoms with Gasteiger partial charge in [0, 0.05) is 12.0 Å². The van der Waals surface area contributed by atoms with Gasteiger partial charge in [-0.2, -0.15) is 10.4 Å². The van der Waals surface area contributed by atoms with Gasteiger partial charge in [-0.15, -0.1) is 0 Å².